The fraction of sp³-hybridized carbons (Fsp3) is 0. The van der Waals surface area contributed by atoms with E-state index in [-0.39, 0.29) is 0 Å². The Bertz CT molecular complexity index is 562. The molecule has 0 unspecified atom stereocenters. The summed E-state index contributed by atoms with van der Waals surface area (Å²) in [5, 5.41) is 4.75. The molecule has 0 radical (unpaired) electrons. The lowest BCUT2D eigenvalue weighted by molar-refractivity contribution is 0.585. The van der Waals surface area contributed by atoms with Crippen molar-refractivity contribution in [3.8, 4) is 21.3 Å². The number of thiophene rings is 2. The van der Waals surface area contributed by atoms with Gasteiger partial charge in [-0.05, 0) is 22.9 Å². The summed E-state index contributed by atoms with van der Waals surface area (Å²) in [7, 11) is 0. The van der Waals surface area contributed by atoms with Crippen LogP contribution in [0.5, 0.6) is 0 Å². The zero-order valence-electron chi connectivity index (χ0n) is 8.72. The molecule has 0 fully saturated rings. The molecule has 0 atom stereocenters. The molecule has 0 amide bonds. The van der Waals surface area contributed by atoms with Gasteiger partial charge < -0.3 is 0 Å². The van der Waals surface area contributed by atoms with E-state index in [1.54, 1.807) is 22.7 Å². The van der Waals surface area contributed by atoms with Gasteiger partial charge in [-0.25, -0.2) is 4.42 Å². The van der Waals surface area contributed by atoms with E-state index in [9.17, 15) is 0 Å². The summed E-state index contributed by atoms with van der Waals surface area (Å²) in [6.07, 6.45) is 0. The Labute approximate surface area is 112 Å². The van der Waals surface area contributed by atoms with Crippen LogP contribution in [0.4, 0.5) is 0 Å². The van der Waals surface area contributed by atoms with Crippen molar-refractivity contribution in [2.75, 3.05) is 0 Å². The van der Waals surface area contributed by atoms with Gasteiger partial charge in [-0.2, -0.15) is 0 Å². The SMILES string of the molecule is Clc1cc(-c2cccs2)[o+]c(-c2cccs2)c1. The van der Waals surface area contributed by atoms with Gasteiger partial charge in [0, 0.05) is 0 Å². The van der Waals surface area contributed by atoms with Crippen molar-refractivity contribution in [1.82, 2.24) is 0 Å². The fourth-order valence-corrected chi connectivity index (χ4v) is 3.10. The third-order valence-electron chi connectivity index (χ3n) is 2.29. The Balaban J connectivity index is 2.13. The van der Waals surface area contributed by atoms with Crippen LogP contribution in [0.3, 0.4) is 0 Å². The van der Waals surface area contributed by atoms with Gasteiger partial charge in [0.2, 0.25) is 0 Å². The molecule has 4 heteroatoms. The Hall–Kier alpha value is -1.16. The first-order chi connectivity index (χ1) is 8.33. The second kappa shape index (κ2) is 4.61. The van der Waals surface area contributed by atoms with Gasteiger partial charge in [0.15, 0.2) is 0 Å². The van der Waals surface area contributed by atoms with E-state index in [2.05, 4.69) is 0 Å². The van der Waals surface area contributed by atoms with Gasteiger partial charge in [0.05, 0.1) is 17.2 Å². The van der Waals surface area contributed by atoms with Gasteiger partial charge in [-0.1, -0.05) is 23.7 Å². The van der Waals surface area contributed by atoms with Crippen LogP contribution in [0, 0.1) is 0 Å². The van der Waals surface area contributed by atoms with E-state index in [0.29, 0.717) is 5.02 Å². The second-order valence-corrected chi connectivity index (χ2v) is 5.79. The van der Waals surface area contributed by atoms with Crippen molar-refractivity contribution in [1.29, 1.82) is 0 Å². The van der Waals surface area contributed by atoms with Gasteiger partial charge in [0.1, 0.15) is 9.75 Å². The largest absolute Gasteiger partial charge is 0.372 e. The zero-order valence-corrected chi connectivity index (χ0v) is 11.1. The van der Waals surface area contributed by atoms with Crippen LogP contribution in [-0.2, 0) is 0 Å². The van der Waals surface area contributed by atoms with Crippen molar-refractivity contribution in [2.24, 2.45) is 0 Å². The fourth-order valence-electron chi connectivity index (χ4n) is 1.55. The van der Waals surface area contributed by atoms with Crippen molar-refractivity contribution in [3.05, 3.63) is 52.2 Å². The maximum Gasteiger partial charge on any atom is 0.372 e. The first-order valence-electron chi connectivity index (χ1n) is 5.04. The third-order valence-corrected chi connectivity index (χ3v) is 4.27. The first kappa shape index (κ1) is 11.0. The molecule has 0 spiro atoms. The average molecular weight is 280 g/mol. The van der Waals surface area contributed by atoms with Crippen molar-refractivity contribution in [3.63, 3.8) is 0 Å². The minimum absolute atomic E-state index is 0.697. The number of halogens is 1. The molecule has 0 saturated heterocycles. The van der Waals surface area contributed by atoms with E-state index >= 15 is 0 Å². The molecule has 0 N–H and O–H groups in total. The molecule has 3 aromatic heterocycles. The predicted octanol–water partition coefficient (Wildman–Crippen LogP) is 5.67. The standard InChI is InChI=1S/C13H8ClOS2/c14-9-7-10(12-3-1-5-16-12)15-11(8-9)13-4-2-6-17-13/h1-8H/q+1. The first-order valence-corrected chi connectivity index (χ1v) is 7.18. The van der Waals surface area contributed by atoms with Crippen LogP contribution in [0.2, 0.25) is 5.02 Å². The van der Waals surface area contributed by atoms with E-state index < -0.39 is 0 Å². The van der Waals surface area contributed by atoms with E-state index in [0.717, 1.165) is 21.3 Å². The molecule has 0 aliphatic rings. The quantitative estimate of drug-likeness (QED) is 0.550. The smallest absolute Gasteiger partial charge is 0.205 e. The van der Waals surface area contributed by atoms with E-state index in [4.69, 9.17) is 16.0 Å². The minimum Gasteiger partial charge on any atom is -0.205 e. The second-order valence-electron chi connectivity index (χ2n) is 3.46. The highest BCUT2D eigenvalue weighted by Gasteiger charge is 2.20. The molecule has 84 valence electrons. The lowest BCUT2D eigenvalue weighted by Crippen LogP contribution is -1.77. The van der Waals surface area contributed by atoms with Crippen molar-refractivity contribution < 1.29 is 4.42 Å². The number of rotatable bonds is 2. The molecular weight excluding hydrogens is 272 g/mol. The van der Waals surface area contributed by atoms with E-state index in [1.807, 2.05) is 47.2 Å². The Kier molecular flexibility index (Phi) is 2.97. The lowest BCUT2D eigenvalue weighted by atomic mass is 10.3. The highest BCUT2D eigenvalue weighted by molar-refractivity contribution is 7.13. The van der Waals surface area contributed by atoms with Crippen LogP contribution in [0.15, 0.2) is 51.6 Å². The summed E-state index contributed by atoms with van der Waals surface area (Å²) in [4.78, 5) is 2.18. The Morgan fingerprint density at radius 2 is 1.41 bits per heavy atom. The molecule has 1 nitrogen and oxygen atoms in total. The normalized spacial score (nSPS) is 10.6. The summed E-state index contributed by atoms with van der Waals surface area (Å²) in [6.45, 7) is 0. The lowest BCUT2D eigenvalue weighted by Gasteiger charge is -1.90. The topological polar surface area (TPSA) is 11.3 Å². The summed E-state index contributed by atoms with van der Waals surface area (Å²) in [5.41, 5.74) is 0. The molecule has 3 rings (SSSR count). The summed E-state index contributed by atoms with van der Waals surface area (Å²) < 4.78 is 5.88. The van der Waals surface area contributed by atoms with Crippen LogP contribution < -0.4 is 0 Å². The van der Waals surface area contributed by atoms with Gasteiger partial charge >= 0.3 is 11.5 Å². The summed E-state index contributed by atoms with van der Waals surface area (Å²) >= 11 is 9.42. The Morgan fingerprint density at radius 3 is 1.82 bits per heavy atom. The molecule has 0 aliphatic heterocycles. The molecule has 0 aliphatic carbocycles. The highest BCUT2D eigenvalue weighted by Crippen LogP contribution is 2.33. The number of hydrogen-bond donors (Lipinski definition) is 0. The van der Waals surface area contributed by atoms with Crippen LogP contribution >= 0.6 is 34.3 Å². The summed E-state index contributed by atoms with van der Waals surface area (Å²) in [6, 6.07) is 11.8. The maximum atomic E-state index is 6.13. The molecule has 0 saturated carbocycles. The molecule has 17 heavy (non-hydrogen) atoms. The summed E-state index contributed by atoms with van der Waals surface area (Å²) in [5.74, 6) is 1.63. The molecule has 3 heterocycles. The maximum absolute atomic E-state index is 6.13. The Morgan fingerprint density at radius 1 is 0.882 bits per heavy atom. The van der Waals surface area contributed by atoms with Crippen molar-refractivity contribution in [2.45, 2.75) is 0 Å². The molecule has 0 aromatic carbocycles. The molecule has 0 bridgehead atoms. The van der Waals surface area contributed by atoms with Crippen LogP contribution in [0.25, 0.3) is 21.3 Å². The van der Waals surface area contributed by atoms with Crippen LogP contribution in [-0.4, -0.2) is 0 Å². The van der Waals surface area contributed by atoms with Gasteiger partial charge in [0.25, 0.3) is 0 Å². The van der Waals surface area contributed by atoms with E-state index in [1.165, 1.54) is 0 Å². The molecular formula is C13H8ClOS2+. The predicted molar refractivity (Wildman–Crippen MR) is 74.8 cm³/mol. The average Bonchev–Trinajstić information content (AvgIpc) is 3.02. The molecule has 3 aromatic rings. The monoisotopic (exact) mass is 279 g/mol. The third kappa shape index (κ3) is 2.27. The number of hydrogen-bond acceptors (Lipinski definition) is 2. The zero-order chi connectivity index (χ0) is 11.7. The van der Waals surface area contributed by atoms with Crippen LogP contribution in [0.1, 0.15) is 0 Å². The minimum atomic E-state index is 0.697. The van der Waals surface area contributed by atoms with Crippen molar-refractivity contribution >= 4 is 34.3 Å². The van der Waals surface area contributed by atoms with Gasteiger partial charge in [-0.15, -0.1) is 22.7 Å². The highest BCUT2D eigenvalue weighted by atomic mass is 35.5. The van der Waals surface area contributed by atoms with Gasteiger partial charge in [-0.3, -0.25) is 0 Å².